The van der Waals surface area contributed by atoms with E-state index in [1.165, 1.54) is 6.20 Å². The van der Waals surface area contributed by atoms with Gasteiger partial charge in [-0.3, -0.25) is 9.59 Å². The molecule has 4 aromatic rings. The Balaban J connectivity index is 1.29. The van der Waals surface area contributed by atoms with Gasteiger partial charge in [-0.1, -0.05) is 23.7 Å². The van der Waals surface area contributed by atoms with Gasteiger partial charge in [0.25, 0.3) is 5.91 Å². The van der Waals surface area contributed by atoms with Gasteiger partial charge >= 0.3 is 0 Å². The van der Waals surface area contributed by atoms with Crippen LogP contribution in [0.5, 0.6) is 0 Å². The molecule has 1 aliphatic rings. The summed E-state index contributed by atoms with van der Waals surface area (Å²) in [6.07, 6.45) is 7.88. The molecule has 1 aromatic carbocycles. The third-order valence-corrected chi connectivity index (χ3v) is 6.24. The Morgan fingerprint density at radius 3 is 2.43 bits per heavy atom. The van der Waals surface area contributed by atoms with E-state index >= 15 is 0 Å². The van der Waals surface area contributed by atoms with E-state index in [1.54, 1.807) is 36.7 Å². The highest BCUT2D eigenvalue weighted by Crippen LogP contribution is 2.33. The maximum atomic E-state index is 13.2. The first-order valence-electron chi connectivity index (χ1n) is 11.4. The number of hydrogen-bond acceptors (Lipinski definition) is 7. The number of nitrogens with one attached hydrogen (secondary N) is 3. The van der Waals surface area contributed by atoms with E-state index in [0.717, 1.165) is 12.8 Å². The third-order valence-electron chi connectivity index (χ3n) is 6.02. The van der Waals surface area contributed by atoms with Crippen LogP contribution in [0.25, 0.3) is 11.0 Å². The Morgan fingerprint density at radius 2 is 1.69 bits per heavy atom. The number of carbonyl (C=O) groups excluding carboxylic acids is 2. The van der Waals surface area contributed by atoms with Crippen molar-refractivity contribution in [3.8, 4) is 0 Å². The summed E-state index contributed by atoms with van der Waals surface area (Å²) in [5.74, 6) is 0.119. The summed E-state index contributed by atoms with van der Waals surface area (Å²) in [6, 6.07) is 12.4. The molecule has 1 fully saturated rings. The number of nitrogens with zero attached hydrogens (tertiary/aromatic N) is 3. The fourth-order valence-electron chi connectivity index (χ4n) is 4.23. The third kappa shape index (κ3) is 5.25. The second-order valence-corrected chi connectivity index (χ2v) is 8.81. The molecule has 9 nitrogen and oxygen atoms in total. The Bertz CT molecular complexity index is 1330. The highest BCUT2D eigenvalue weighted by atomic mass is 35.5. The zero-order valence-corrected chi connectivity index (χ0v) is 19.5. The molecule has 0 saturated heterocycles. The number of fused-ring (bicyclic) bond motifs is 1. The fourth-order valence-corrected chi connectivity index (χ4v) is 4.35. The van der Waals surface area contributed by atoms with Gasteiger partial charge in [-0.2, -0.15) is 0 Å². The Kier molecular flexibility index (Phi) is 6.58. The lowest BCUT2D eigenvalue weighted by molar-refractivity contribution is -0.120. The largest absolute Gasteiger partial charge is 0.449 e. The average Bonchev–Trinajstić information content (AvgIpc) is 3.25. The van der Waals surface area contributed by atoms with Gasteiger partial charge in [0.15, 0.2) is 0 Å². The van der Waals surface area contributed by atoms with Crippen LogP contribution in [-0.2, 0) is 4.79 Å². The van der Waals surface area contributed by atoms with Crippen molar-refractivity contribution in [2.45, 2.75) is 31.7 Å². The molecule has 178 valence electrons. The topological polar surface area (TPSA) is 122 Å². The number of amides is 2. The van der Waals surface area contributed by atoms with E-state index in [0.29, 0.717) is 46.3 Å². The van der Waals surface area contributed by atoms with Gasteiger partial charge in [-0.05, 0) is 56.0 Å². The lowest BCUT2D eigenvalue weighted by atomic mass is 9.85. The fraction of sp³-hybridized carbons (Fsp3) is 0.240. The first kappa shape index (κ1) is 22.8. The zero-order chi connectivity index (χ0) is 24.2. The molecule has 0 bridgehead atoms. The number of benzene rings is 1. The van der Waals surface area contributed by atoms with Crippen molar-refractivity contribution in [2.75, 3.05) is 16.0 Å². The molecular formula is C25H23ClN6O3. The summed E-state index contributed by atoms with van der Waals surface area (Å²) in [5, 5.41) is 10.1. The van der Waals surface area contributed by atoms with Crippen LogP contribution in [0.4, 0.5) is 17.5 Å². The molecule has 10 heteroatoms. The molecule has 1 aliphatic carbocycles. The predicted octanol–water partition coefficient (Wildman–Crippen LogP) is 5.13. The summed E-state index contributed by atoms with van der Waals surface area (Å²) >= 11 is 5.87. The minimum absolute atomic E-state index is 0.0212. The zero-order valence-electron chi connectivity index (χ0n) is 18.7. The van der Waals surface area contributed by atoms with Gasteiger partial charge in [0.05, 0.1) is 5.02 Å². The summed E-state index contributed by atoms with van der Waals surface area (Å²) in [7, 11) is 0. The van der Waals surface area contributed by atoms with Crippen LogP contribution in [0.15, 0.2) is 65.5 Å². The second kappa shape index (κ2) is 10.1. The van der Waals surface area contributed by atoms with Crippen molar-refractivity contribution >= 4 is 51.8 Å². The Labute approximate surface area is 206 Å². The van der Waals surface area contributed by atoms with Crippen molar-refractivity contribution in [3.63, 3.8) is 0 Å². The van der Waals surface area contributed by atoms with Crippen LogP contribution in [0.2, 0.25) is 5.02 Å². The standard InChI is InChI=1S/C25H23ClN6O3/c26-16-8-11-20(29-14-16)31-24(34)22-21(18-4-1-2-5-19(18)35-22)32-23(33)15-6-9-17(10-7-15)30-25-27-12-3-13-28-25/h1-5,8,11-15,17H,6-7,9-10H2,(H,32,33)(H,27,28,30)(H,29,31,34). The molecule has 0 spiro atoms. The van der Waals surface area contributed by atoms with Crippen LogP contribution >= 0.6 is 11.6 Å². The SMILES string of the molecule is O=C(Nc1ccc(Cl)cn1)c1oc2ccccc2c1NC(=O)C1CCC(Nc2ncccn2)CC1. The van der Waals surface area contributed by atoms with E-state index in [9.17, 15) is 9.59 Å². The lowest BCUT2D eigenvalue weighted by Gasteiger charge is -2.28. The van der Waals surface area contributed by atoms with Crippen molar-refractivity contribution < 1.29 is 14.0 Å². The molecule has 3 aromatic heterocycles. The molecule has 3 N–H and O–H groups in total. The average molecular weight is 491 g/mol. The number of hydrogen-bond donors (Lipinski definition) is 3. The number of aromatic nitrogens is 3. The van der Waals surface area contributed by atoms with Crippen LogP contribution < -0.4 is 16.0 Å². The molecule has 5 rings (SSSR count). The normalized spacial score (nSPS) is 17.6. The summed E-state index contributed by atoms with van der Waals surface area (Å²) in [4.78, 5) is 38.7. The van der Waals surface area contributed by atoms with Crippen LogP contribution in [0, 0.1) is 5.92 Å². The molecule has 35 heavy (non-hydrogen) atoms. The van der Waals surface area contributed by atoms with Gasteiger partial charge < -0.3 is 20.4 Å². The molecule has 0 radical (unpaired) electrons. The molecule has 3 heterocycles. The predicted molar refractivity (Wildman–Crippen MR) is 133 cm³/mol. The summed E-state index contributed by atoms with van der Waals surface area (Å²) in [6.45, 7) is 0. The van der Waals surface area contributed by atoms with E-state index < -0.39 is 5.91 Å². The van der Waals surface area contributed by atoms with Gasteiger partial charge in [-0.25, -0.2) is 15.0 Å². The van der Waals surface area contributed by atoms with Gasteiger partial charge in [0.1, 0.15) is 17.1 Å². The van der Waals surface area contributed by atoms with Crippen LogP contribution in [0.1, 0.15) is 36.2 Å². The minimum atomic E-state index is -0.512. The monoisotopic (exact) mass is 490 g/mol. The highest BCUT2D eigenvalue weighted by molar-refractivity contribution is 6.30. The molecule has 2 amide bonds. The van der Waals surface area contributed by atoms with Gasteiger partial charge in [0.2, 0.25) is 17.6 Å². The first-order chi connectivity index (χ1) is 17.1. The van der Waals surface area contributed by atoms with Crippen molar-refractivity contribution in [3.05, 3.63) is 71.8 Å². The van der Waals surface area contributed by atoms with Crippen LogP contribution in [-0.4, -0.2) is 32.8 Å². The summed E-state index contributed by atoms with van der Waals surface area (Å²) < 4.78 is 5.82. The highest BCUT2D eigenvalue weighted by Gasteiger charge is 2.29. The number of para-hydroxylation sites is 1. The maximum Gasteiger partial charge on any atom is 0.294 e. The Morgan fingerprint density at radius 1 is 0.914 bits per heavy atom. The molecule has 0 aliphatic heterocycles. The van der Waals surface area contributed by atoms with Gasteiger partial charge in [-0.15, -0.1) is 0 Å². The molecule has 1 saturated carbocycles. The molecule has 0 unspecified atom stereocenters. The molecular weight excluding hydrogens is 468 g/mol. The van der Waals surface area contributed by atoms with Crippen LogP contribution in [0.3, 0.4) is 0 Å². The Hall–Kier alpha value is -3.98. The quantitative estimate of drug-likeness (QED) is 0.342. The minimum Gasteiger partial charge on any atom is -0.449 e. The van der Waals surface area contributed by atoms with Gasteiger partial charge in [0, 0.05) is 35.9 Å². The van der Waals surface area contributed by atoms with E-state index in [4.69, 9.17) is 16.0 Å². The first-order valence-corrected chi connectivity index (χ1v) is 11.7. The van der Waals surface area contributed by atoms with Crippen molar-refractivity contribution in [1.82, 2.24) is 15.0 Å². The number of anilines is 3. The van der Waals surface area contributed by atoms with Crippen molar-refractivity contribution in [1.29, 1.82) is 0 Å². The summed E-state index contributed by atoms with van der Waals surface area (Å²) in [5.41, 5.74) is 0.864. The van der Waals surface area contributed by atoms with E-state index in [2.05, 4.69) is 30.9 Å². The smallest absolute Gasteiger partial charge is 0.294 e. The number of rotatable bonds is 6. The number of halogens is 1. The lowest BCUT2D eigenvalue weighted by Crippen LogP contribution is -2.32. The number of pyridine rings is 1. The van der Waals surface area contributed by atoms with E-state index in [1.807, 2.05) is 18.2 Å². The van der Waals surface area contributed by atoms with E-state index in [-0.39, 0.29) is 23.6 Å². The second-order valence-electron chi connectivity index (χ2n) is 8.37. The maximum absolute atomic E-state index is 13.2. The molecule has 0 atom stereocenters. The van der Waals surface area contributed by atoms with Crippen molar-refractivity contribution in [2.24, 2.45) is 5.92 Å². The number of furan rings is 1. The number of carbonyl (C=O) groups is 2.